The van der Waals surface area contributed by atoms with Crippen LogP contribution in [0.4, 0.5) is 4.79 Å². The molecule has 0 aromatic carbocycles. The molecule has 0 saturated heterocycles. The Morgan fingerprint density at radius 3 is 2.60 bits per heavy atom. The molecule has 0 saturated carbocycles. The molecule has 1 unspecified atom stereocenters. The van der Waals surface area contributed by atoms with Gasteiger partial charge in [0.25, 0.3) is 0 Å². The molecule has 1 atom stereocenters. The Hall–Kier alpha value is -0.770. The van der Waals surface area contributed by atoms with E-state index >= 15 is 0 Å². The molecule has 0 heterocycles. The Bertz CT molecular complexity index is 123. The van der Waals surface area contributed by atoms with Gasteiger partial charge in [0.15, 0.2) is 0 Å². The second-order valence-electron chi connectivity index (χ2n) is 2.57. The number of carbonyl (C=O) groups excluding carboxylic acids is 1. The topological polar surface area (TPSA) is 75.3 Å². The predicted molar refractivity (Wildman–Crippen MR) is 38.5 cm³/mol. The van der Waals surface area contributed by atoms with Gasteiger partial charge in [-0.25, -0.2) is 4.79 Å². The van der Waals surface area contributed by atoms with Crippen molar-refractivity contribution < 1.29 is 9.90 Å². The van der Waals surface area contributed by atoms with Crippen molar-refractivity contribution in [2.45, 2.75) is 25.9 Å². The first-order chi connectivity index (χ1) is 4.48. The Kier molecular flexibility index (Phi) is 3.15. The highest BCUT2D eigenvalue weighted by molar-refractivity contribution is 5.71. The van der Waals surface area contributed by atoms with E-state index in [1.54, 1.807) is 6.92 Å². The number of carbonyl (C=O) groups is 1. The lowest BCUT2D eigenvalue weighted by Gasteiger charge is -2.20. The number of nitrogens with two attached hydrogens (primary N) is 1. The second-order valence-corrected chi connectivity index (χ2v) is 2.57. The van der Waals surface area contributed by atoms with Crippen molar-refractivity contribution in [2.24, 2.45) is 5.73 Å². The minimum Gasteiger partial charge on any atom is -0.388 e. The van der Waals surface area contributed by atoms with Gasteiger partial charge in [-0.2, -0.15) is 0 Å². The third-order valence-electron chi connectivity index (χ3n) is 1.41. The summed E-state index contributed by atoms with van der Waals surface area (Å²) >= 11 is 0. The van der Waals surface area contributed by atoms with Gasteiger partial charge in [-0.15, -0.1) is 0 Å². The van der Waals surface area contributed by atoms with Crippen LogP contribution in [-0.2, 0) is 0 Å². The van der Waals surface area contributed by atoms with E-state index in [2.05, 4.69) is 5.32 Å². The van der Waals surface area contributed by atoms with E-state index in [9.17, 15) is 9.90 Å². The summed E-state index contributed by atoms with van der Waals surface area (Å²) in [5.74, 6) is 0. The van der Waals surface area contributed by atoms with E-state index in [1.807, 2.05) is 6.92 Å². The van der Waals surface area contributed by atoms with E-state index in [0.29, 0.717) is 6.42 Å². The second kappa shape index (κ2) is 3.41. The van der Waals surface area contributed by atoms with Crippen molar-refractivity contribution in [3.63, 3.8) is 0 Å². The van der Waals surface area contributed by atoms with Crippen molar-refractivity contribution in [1.29, 1.82) is 0 Å². The monoisotopic (exact) mass is 146 g/mol. The molecule has 0 aliphatic rings. The summed E-state index contributed by atoms with van der Waals surface area (Å²) in [4.78, 5) is 10.2. The van der Waals surface area contributed by atoms with Crippen LogP contribution in [0.2, 0.25) is 0 Å². The molecular formula is C6H14N2O2. The summed E-state index contributed by atoms with van der Waals surface area (Å²) in [6, 6.07) is -0.603. The standard InChI is InChI=1S/C6H14N2O2/c1-3-6(2,10)4-8-5(7)9/h10H,3-4H2,1-2H3,(H3,7,8,9). The van der Waals surface area contributed by atoms with Gasteiger partial charge in [0.1, 0.15) is 0 Å². The maximum atomic E-state index is 10.2. The van der Waals surface area contributed by atoms with Crippen LogP contribution in [0.1, 0.15) is 20.3 Å². The van der Waals surface area contributed by atoms with Crippen molar-refractivity contribution in [3.05, 3.63) is 0 Å². The molecule has 4 nitrogen and oxygen atoms in total. The largest absolute Gasteiger partial charge is 0.388 e. The smallest absolute Gasteiger partial charge is 0.312 e. The van der Waals surface area contributed by atoms with Gasteiger partial charge in [0.05, 0.1) is 5.60 Å². The summed E-state index contributed by atoms with van der Waals surface area (Å²) in [5.41, 5.74) is 3.95. The van der Waals surface area contributed by atoms with Gasteiger partial charge in [0.2, 0.25) is 0 Å². The average Bonchev–Trinajstić information content (AvgIpc) is 1.85. The number of primary amides is 1. The molecule has 10 heavy (non-hydrogen) atoms. The summed E-state index contributed by atoms with van der Waals surface area (Å²) in [7, 11) is 0. The molecule has 4 heteroatoms. The number of rotatable bonds is 3. The lowest BCUT2D eigenvalue weighted by molar-refractivity contribution is 0.0585. The molecule has 4 N–H and O–H groups in total. The van der Waals surface area contributed by atoms with Crippen molar-refractivity contribution in [3.8, 4) is 0 Å². The molecule has 0 aliphatic heterocycles. The Morgan fingerprint density at radius 2 is 2.30 bits per heavy atom. The Balaban J connectivity index is 3.56. The highest BCUT2D eigenvalue weighted by Gasteiger charge is 2.16. The highest BCUT2D eigenvalue weighted by Crippen LogP contribution is 2.05. The van der Waals surface area contributed by atoms with Crippen LogP contribution in [-0.4, -0.2) is 23.3 Å². The summed E-state index contributed by atoms with van der Waals surface area (Å²) in [6.07, 6.45) is 0.591. The molecule has 0 fully saturated rings. The number of urea groups is 1. The number of hydrogen-bond donors (Lipinski definition) is 3. The number of hydrogen-bond acceptors (Lipinski definition) is 2. The van der Waals surface area contributed by atoms with Crippen molar-refractivity contribution >= 4 is 6.03 Å². The van der Waals surface area contributed by atoms with Crippen LogP contribution in [0, 0.1) is 0 Å². The first-order valence-electron chi connectivity index (χ1n) is 3.23. The molecule has 0 aliphatic carbocycles. The van der Waals surface area contributed by atoms with Crippen LogP contribution < -0.4 is 11.1 Å². The molecule has 0 bridgehead atoms. The summed E-state index contributed by atoms with van der Waals surface area (Å²) < 4.78 is 0. The molecular weight excluding hydrogens is 132 g/mol. The van der Waals surface area contributed by atoms with Crippen LogP contribution in [0.5, 0.6) is 0 Å². The van der Waals surface area contributed by atoms with E-state index in [-0.39, 0.29) is 6.54 Å². The molecule has 2 amide bonds. The third-order valence-corrected chi connectivity index (χ3v) is 1.41. The first kappa shape index (κ1) is 9.23. The molecule has 0 rings (SSSR count). The van der Waals surface area contributed by atoms with Gasteiger partial charge in [-0.1, -0.05) is 6.92 Å². The Labute approximate surface area is 60.4 Å². The number of aliphatic hydroxyl groups is 1. The molecule has 0 spiro atoms. The normalized spacial score (nSPS) is 15.9. The average molecular weight is 146 g/mol. The fraction of sp³-hybridized carbons (Fsp3) is 0.833. The van der Waals surface area contributed by atoms with E-state index in [0.717, 1.165) is 0 Å². The molecule has 0 aromatic heterocycles. The quantitative estimate of drug-likeness (QED) is 0.516. The van der Waals surface area contributed by atoms with E-state index < -0.39 is 11.6 Å². The maximum absolute atomic E-state index is 10.2. The summed E-state index contributed by atoms with van der Waals surface area (Å²) in [5, 5.41) is 11.6. The van der Waals surface area contributed by atoms with Crippen LogP contribution in [0.25, 0.3) is 0 Å². The van der Waals surface area contributed by atoms with Crippen LogP contribution in [0.15, 0.2) is 0 Å². The minimum atomic E-state index is -0.838. The fourth-order valence-corrected chi connectivity index (χ4v) is 0.403. The van der Waals surface area contributed by atoms with Gasteiger partial charge >= 0.3 is 6.03 Å². The minimum absolute atomic E-state index is 0.207. The zero-order valence-electron chi connectivity index (χ0n) is 6.35. The molecule has 0 radical (unpaired) electrons. The maximum Gasteiger partial charge on any atom is 0.312 e. The zero-order valence-corrected chi connectivity index (χ0v) is 6.35. The van der Waals surface area contributed by atoms with Gasteiger partial charge < -0.3 is 16.2 Å². The van der Waals surface area contributed by atoms with Gasteiger partial charge in [-0.3, -0.25) is 0 Å². The fourth-order valence-electron chi connectivity index (χ4n) is 0.403. The highest BCUT2D eigenvalue weighted by atomic mass is 16.3. The number of amides is 2. The van der Waals surface area contributed by atoms with Gasteiger partial charge in [-0.05, 0) is 13.3 Å². The van der Waals surface area contributed by atoms with Crippen molar-refractivity contribution in [1.82, 2.24) is 5.32 Å². The van der Waals surface area contributed by atoms with Crippen LogP contribution in [0.3, 0.4) is 0 Å². The number of nitrogens with one attached hydrogen (secondary N) is 1. The first-order valence-corrected chi connectivity index (χ1v) is 3.23. The lowest BCUT2D eigenvalue weighted by Crippen LogP contribution is -2.42. The summed E-state index contributed by atoms with van der Waals surface area (Å²) in [6.45, 7) is 3.68. The van der Waals surface area contributed by atoms with Gasteiger partial charge in [0, 0.05) is 6.54 Å². The molecule has 60 valence electrons. The zero-order chi connectivity index (χ0) is 8.20. The predicted octanol–water partition coefficient (Wildman–Crippen LogP) is -0.184. The van der Waals surface area contributed by atoms with E-state index in [1.165, 1.54) is 0 Å². The van der Waals surface area contributed by atoms with Crippen molar-refractivity contribution in [2.75, 3.05) is 6.54 Å². The van der Waals surface area contributed by atoms with E-state index in [4.69, 9.17) is 5.73 Å². The SMILES string of the molecule is CCC(C)(O)CNC(N)=O. The Morgan fingerprint density at radius 1 is 1.80 bits per heavy atom. The third kappa shape index (κ3) is 4.14. The molecule has 0 aromatic rings. The lowest BCUT2D eigenvalue weighted by atomic mass is 10.0. The van der Waals surface area contributed by atoms with Crippen LogP contribution >= 0.6 is 0 Å².